The quantitative estimate of drug-likeness (QED) is 0.747. The molecule has 0 spiro atoms. The first kappa shape index (κ1) is 14.9. The van der Waals surface area contributed by atoms with Crippen LogP contribution in [0.5, 0.6) is 0 Å². The zero-order valence-corrected chi connectivity index (χ0v) is 11.1. The summed E-state index contributed by atoms with van der Waals surface area (Å²) in [7, 11) is 1.33. The van der Waals surface area contributed by atoms with Gasteiger partial charge in [-0.05, 0) is 12.3 Å². The fraction of sp³-hybridized carbons (Fsp3) is 0.833. The van der Waals surface area contributed by atoms with Crippen molar-refractivity contribution in [3.63, 3.8) is 0 Å². The molecule has 0 heterocycles. The maximum Gasteiger partial charge on any atom is 0.328 e. The monoisotopic (exact) mass is 229 g/mol. The summed E-state index contributed by atoms with van der Waals surface area (Å²) < 4.78 is 4.67. The molecular weight excluding hydrogens is 206 g/mol. The van der Waals surface area contributed by atoms with Gasteiger partial charge in [-0.3, -0.25) is 4.79 Å². The SMILES string of the molecule is COC(=O)[C@@H](CC(C)C)NC(=O)C(C)(C)C. The molecule has 1 atom stereocenters. The van der Waals surface area contributed by atoms with Crippen LogP contribution in [0.2, 0.25) is 0 Å². The van der Waals surface area contributed by atoms with E-state index in [1.807, 2.05) is 34.6 Å². The van der Waals surface area contributed by atoms with E-state index in [0.29, 0.717) is 12.3 Å². The average molecular weight is 229 g/mol. The standard InChI is InChI=1S/C12H23NO3/c1-8(2)7-9(10(14)16-6)13-11(15)12(3,4)5/h8-9H,7H2,1-6H3,(H,13,15)/t9-/m1/s1. The minimum Gasteiger partial charge on any atom is -0.467 e. The molecule has 0 aliphatic heterocycles. The molecule has 0 saturated heterocycles. The smallest absolute Gasteiger partial charge is 0.328 e. The van der Waals surface area contributed by atoms with Gasteiger partial charge in [-0.15, -0.1) is 0 Å². The topological polar surface area (TPSA) is 55.4 Å². The van der Waals surface area contributed by atoms with E-state index in [1.54, 1.807) is 0 Å². The summed E-state index contributed by atoms with van der Waals surface area (Å²) in [4.78, 5) is 23.2. The minimum atomic E-state index is -0.545. The third kappa shape index (κ3) is 5.14. The Morgan fingerprint density at radius 3 is 2.06 bits per heavy atom. The van der Waals surface area contributed by atoms with Crippen LogP contribution in [-0.4, -0.2) is 25.0 Å². The number of rotatable bonds is 4. The van der Waals surface area contributed by atoms with Gasteiger partial charge in [-0.2, -0.15) is 0 Å². The maximum atomic E-state index is 11.8. The Bertz CT molecular complexity index is 253. The highest BCUT2D eigenvalue weighted by Crippen LogP contribution is 2.14. The van der Waals surface area contributed by atoms with Gasteiger partial charge in [0.2, 0.25) is 5.91 Å². The van der Waals surface area contributed by atoms with Crippen molar-refractivity contribution in [2.75, 3.05) is 7.11 Å². The molecular formula is C12H23NO3. The lowest BCUT2D eigenvalue weighted by molar-refractivity contribution is -0.146. The van der Waals surface area contributed by atoms with E-state index in [1.165, 1.54) is 7.11 Å². The first-order chi connectivity index (χ1) is 7.18. The molecule has 0 saturated carbocycles. The van der Waals surface area contributed by atoms with Crippen LogP contribution in [0.1, 0.15) is 41.0 Å². The van der Waals surface area contributed by atoms with E-state index in [2.05, 4.69) is 10.1 Å². The molecule has 4 heteroatoms. The van der Waals surface area contributed by atoms with Crippen molar-refractivity contribution >= 4 is 11.9 Å². The Hall–Kier alpha value is -1.06. The highest BCUT2D eigenvalue weighted by Gasteiger charge is 2.28. The van der Waals surface area contributed by atoms with Crippen molar-refractivity contribution in [2.24, 2.45) is 11.3 Å². The second kappa shape index (κ2) is 5.87. The Morgan fingerprint density at radius 1 is 1.25 bits per heavy atom. The van der Waals surface area contributed by atoms with Crippen LogP contribution in [0.4, 0.5) is 0 Å². The molecule has 0 aromatic heterocycles. The molecule has 0 aliphatic rings. The molecule has 0 aliphatic carbocycles. The van der Waals surface area contributed by atoms with Gasteiger partial charge in [-0.25, -0.2) is 4.79 Å². The first-order valence-corrected chi connectivity index (χ1v) is 5.57. The second-order valence-electron chi connectivity index (χ2n) is 5.43. The molecule has 0 aromatic rings. The molecule has 0 radical (unpaired) electrons. The lowest BCUT2D eigenvalue weighted by Gasteiger charge is -2.23. The zero-order valence-electron chi connectivity index (χ0n) is 11.1. The predicted molar refractivity (Wildman–Crippen MR) is 62.9 cm³/mol. The predicted octanol–water partition coefficient (Wildman–Crippen LogP) is 1.74. The summed E-state index contributed by atoms with van der Waals surface area (Å²) in [5, 5.41) is 2.73. The molecule has 0 fully saturated rings. The summed E-state index contributed by atoms with van der Waals surface area (Å²) in [5.74, 6) is -0.195. The van der Waals surface area contributed by atoms with Crippen LogP contribution in [-0.2, 0) is 14.3 Å². The largest absolute Gasteiger partial charge is 0.467 e. The lowest BCUT2D eigenvalue weighted by atomic mass is 9.94. The molecule has 1 N–H and O–H groups in total. The van der Waals surface area contributed by atoms with E-state index < -0.39 is 11.5 Å². The Kier molecular flexibility index (Phi) is 5.48. The number of methoxy groups -OCH3 is 1. The highest BCUT2D eigenvalue weighted by molar-refractivity contribution is 5.87. The van der Waals surface area contributed by atoms with Crippen molar-refractivity contribution in [1.29, 1.82) is 0 Å². The van der Waals surface area contributed by atoms with E-state index >= 15 is 0 Å². The summed E-state index contributed by atoms with van der Waals surface area (Å²) in [6, 6.07) is -0.545. The van der Waals surface area contributed by atoms with Gasteiger partial charge in [0.1, 0.15) is 6.04 Å². The number of hydrogen-bond acceptors (Lipinski definition) is 3. The van der Waals surface area contributed by atoms with Crippen molar-refractivity contribution < 1.29 is 14.3 Å². The second-order valence-corrected chi connectivity index (χ2v) is 5.43. The number of hydrogen-bond donors (Lipinski definition) is 1. The Labute approximate surface area is 97.7 Å². The Morgan fingerprint density at radius 2 is 1.75 bits per heavy atom. The normalized spacial score (nSPS) is 13.4. The first-order valence-electron chi connectivity index (χ1n) is 5.57. The summed E-state index contributed by atoms with van der Waals surface area (Å²) in [6.07, 6.45) is 0.592. The van der Waals surface area contributed by atoms with Crippen LogP contribution in [0.3, 0.4) is 0 Å². The maximum absolute atomic E-state index is 11.8. The number of carbonyl (C=O) groups is 2. The number of nitrogens with one attached hydrogen (secondary N) is 1. The molecule has 0 rings (SSSR count). The summed E-state index contributed by atoms with van der Waals surface area (Å²) in [5.41, 5.74) is -0.497. The Balaban J connectivity index is 4.55. The minimum absolute atomic E-state index is 0.136. The lowest BCUT2D eigenvalue weighted by Crippen LogP contribution is -2.46. The van der Waals surface area contributed by atoms with Crippen LogP contribution in [0, 0.1) is 11.3 Å². The van der Waals surface area contributed by atoms with Crippen molar-refractivity contribution in [1.82, 2.24) is 5.32 Å². The van der Waals surface area contributed by atoms with E-state index in [4.69, 9.17) is 0 Å². The van der Waals surface area contributed by atoms with Crippen LogP contribution in [0.25, 0.3) is 0 Å². The fourth-order valence-corrected chi connectivity index (χ4v) is 1.20. The molecule has 0 unspecified atom stereocenters. The third-order valence-corrected chi connectivity index (χ3v) is 2.18. The van der Waals surface area contributed by atoms with Gasteiger partial charge in [0, 0.05) is 5.41 Å². The van der Waals surface area contributed by atoms with Crippen LogP contribution >= 0.6 is 0 Å². The fourth-order valence-electron chi connectivity index (χ4n) is 1.20. The van der Waals surface area contributed by atoms with Crippen molar-refractivity contribution in [2.45, 2.75) is 47.1 Å². The number of carbonyl (C=O) groups excluding carboxylic acids is 2. The molecule has 0 aromatic carbocycles. The number of amides is 1. The highest BCUT2D eigenvalue weighted by atomic mass is 16.5. The average Bonchev–Trinajstić information content (AvgIpc) is 2.13. The van der Waals surface area contributed by atoms with E-state index in [9.17, 15) is 9.59 Å². The van der Waals surface area contributed by atoms with Gasteiger partial charge < -0.3 is 10.1 Å². The van der Waals surface area contributed by atoms with E-state index in [-0.39, 0.29) is 11.9 Å². The van der Waals surface area contributed by atoms with Gasteiger partial charge in [0.25, 0.3) is 0 Å². The molecule has 4 nitrogen and oxygen atoms in total. The zero-order chi connectivity index (χ0) is 12.9. The molecule has 16 heavy (non-hydrogen) atoms. The summed E-state index contributed by atoms with van der Waals surface area (Å²) >= 11 is 0. The van der Waals surface area contributed by atoms with Crippen LogP contribution < -0.4 is 5.32 Å². The van der Waals surface area contributed by atoms with Crippen molar-refractivity contribution in [3.8, 4) is 0 Å². The third-order valence-electron chi connectivity index (χ3n) is 2.18. The molecule has 94 valence electrons. The number of esters is 1. The molecule has 1 amide bonds. The van der Waals surface area contributed by atoms with Gasteiger partial charge in [-0.1, -0.05) is 34.6 Å². The van der Waals surface area contributed by atoms with E-state index in [0.717, 1.165) is 0 Å². The number of ether oxygens (including phenoxy) is 1. The van der Waals surface area contributed by atoms with Crippen LogP contribution in [0.15, 0.2) is 0 Å². The van der Waals surface area contributed by atoms with Gasteiger partial charge >= 0.3 is 5.97 Å². The summed E-state index contributed by atoms with van der Waals surface area (Å²) in [6.45, 7) is 9.43. The van der Waals surface area contributed by atoms with Gasteiger partial charge in [0.15, 0.2) is 0 Å². The van der Waals surface area contributed by atoms with Crippen molar-refractivity contribution in [3.05, 3.63) is 0 Å². The molecule has 0 bridgehead atoms. The van der Waals surface area contributed by atoms with Gasteiger partial charge in [0.05, 0.1) is 7.11 Å².